The fraction of sp³-hybridized carbons (Fsp3) is 0.304. The number of aromatic nitrogens is 2. The molecule has 8 heteroatoms. The van der Waals surface area contributed by atoms with Crippen LogP contribution in [0.25, 0.3) is 0 Å². The Morgan fingerprint density at radius 3 is 2.71 bits per heavy atom. The van der Waals surface area contributed by atoms with Gasteiger partial charge in [0.15, 0.2) is 0 Å². The van der Waals surface area contributed by atoms with Gasteiger partial charge < -0.3 is 14.6 Å². The van der Waals surface area contributed by atoms with E-state index in [0.717, 1.165) is 17.0 Å². The van der Waals surface area contributed by atoms with Crippen molar-refractivity contribution >= 4 is 23.6 Å². The first-order chi connectivity index (χ1) is 15.0. The standard InChI is InChI=1S/C23H25N3O4S/c1-16-5-7-18(8-6-16)9-10-21(27)24-12-13-29-23(28)20-4-3-11-25-22(20)31-15-19-14-17(2)30-26-19/h3-8,11,14H,9-10,12-13,15H2,1-2H3,(H,24,27). The van der Waals surface area contributed by atoms with E-state index in [0.29, 0.717) is 29.2 Å². The Kier molecular flexibility index (Phi) is 8.23. The number of nitrogens with one attached hydrogen (secondary N) is 1. The highest BCUT2D eigenvalue weighted by atomic mass is 32.2. The van der Waals surface area contributed by atoms with Gasteiger partial charge >= 0.3 is 5.97 Å². The highest BCUT2D eigenvalue weighted by molar-refractivity contribution is 7.98. The fourth-order valence-electron chi connectivity index (χ4n) is 2.80. The zero-order chi connectivity index (χ0) is 22.1. The van der Waals surface area contributed by atoms with E-state index in [2.05, 4.69) is 15.5 Å². The van der Waals surface area contributed by atoms with Gasteiger partial charge in [-0.1, -0.05) is 46.7 Å². The second kappa shape index (κ2) is 11.3. The zero-order valence-electron chi connectivity index (χ0n) is 17.6. The van der Waals surface area contributed by atoms with Gasteiger partial charge in [0.2, 0.25) is 5.91 Å². The molecular weight excluding hydrogens is 414 g/mol. The van der Waals surface area contributed by atoms with Gasteiger partial charge in [0, 0.05) is 24.4 Å². The van der Waals surface area contributed by atoms with Crippen LogP contribution in [0.3, 0.4) is 0 Å². The van der Waals surface area contributed by atoms with Gasteiger partial charge in [0.25, 0.3) is 0 Å². The molecule has 1 amide bonds. The average molecular weight is 440 g/mol. The maximum Gasteiger partial charge on any atom is 0.340 e. The summed E-state index contributed by atoms with van der Waals surface area (Å²) in [6, 6.07) is 13.3. The van der Waals surface area contributed by atoms with Crippen LogP contribution in [0.5, 0.6) is 0 Å². The van der Waals surface area contributed by atoms with Crippen molar-refractivity contribution in [2.24, 2.45) is 0 Å². The molecule has 31 heavy (non-hydrogen) atoms. The minimum absolute atomic E-state index is 0.0721. The second-order valence-electron chi connectivity index (χ2n) is 7.05. The number of ether oxygens (including phenoxy) is 1. The lowest BCUT2D eigenvalue weighted by Gasteiger charge is -2.09. The third-order valence-corrected chi connectivity index (χ3v) is 5.48. The predicted molar refractivity (Wildman–Crippen MR) is 118 cm³/mol. The van der Waals surface area contributed by atoms with Crippen molar-refractivity contribution in [3.63, 3.8) is 0 Å². The highest BCUT2D eigenvalue weighted by Crippen LogP contribution is 2.24. The Balaban J connectivity index is 1.40. The second-order valence-corrected chi connectivity index (χ2v) is 8.01. The SMILES string of the molecule is Cc1ccc(CCC(=O)NCCOC(=O)c2cccnc2SCc2cc(C)on2)cc1. The topological polar surface area (TPSA) is 94.3 Å². The number of amides is 1. The molecule has 0 bridgehead atoms. The fourth-order valence-corrected chi connectivity index (χ4v) is 3.67. The molecule has 1 N–H and O–H groups in total. The Morgan fingerprint density at radius 2 is 1.97 bits per heavy atom. The van der Waals surface area contributed by atoms with Gasteiger partial charge in [-0.05, 0) is 38.0 Å². The summed E-state index contributed by atoms with van der Waals surface area (Å²) >= 11 is 1.39. The number of aryl methyl sites for hydroxylation is 3. The summed E-state index contributed by atoms with van der Waals surface area (Å²) in [7, 11) is 0. The molecule has 3 rings (SSSR count). The van der Waals surface area contributed by atoms with E-state index >= 15 is 0 Å². The maximum atomic E-state index is 12.4. The lowest BCUT2D eigenvalue weighted by molar-refractivity contribution is -0.121. The number of nitrogens with zero attached hydrogens (tertiary/aromatic N) is 2. The maximum absolute atomic E-state index is 12.4. The summed E-state index contributed by atoms with van der Waals surface area (Å²) in [6.45, 7) is 4.21. The minimum Gasteiger partial charge on any atom is -0.460 e. The van der Waals surface area contributed by atoms with Gasteiger partial charge in [-0.25, -0.2) is 9.78 Å². The molecule has 0 spiro atoms. The Morgan fingerprint density at radius 1 is 1.16 bits per heavy atom. The van der Waals surface area contributed by atoms with Crippen LogP contribution in [0.15, 0.2) is 58.2 Å². The number of carbonyl (C=O) groups is 2. The van der Waals surface area contributed by atoms with Crippen LogP contribution in [0.4, 0.5) is 0 Å². The molecule has 1 aromatic carbocycles. The molecule has 0 unspecified atom stereocenters. The van der Waals surface area contributed by atoms with Crippen molar-refractivity contribution in [1.29, 1.82) is 0 Å². The van der Waals surface area contributed by atoms with E-state index in [1.165, 1.54) is 17.3 Å². The van der Waals surface area contributed by atoms with E-state index in [4.69, 9.17) is 9.26 Å². The van der Waals surface area contributed by atoms with Gasteiger partial charge in [-0.3, -0.25) is 4.79 Å². The molecule has 0 saturated heterocycles. The molecule has 7 nitrogen and oxygen atoms in total. The molecule has 0 atom stereocenters. The molecule has 2 aromatic heterocycles. The lowest BCUT2D eigenvalue weighted by Crippen LogP contribution is -2.28. The van der Waals surface area contributed by atoms with Crippen LogP contribution in [0.2, 0.25) is 0 Å². The van der Waals surface area contributed by atoms with Crippen LogP contribution >= 0.6 is 11.8 Å². The predicted octanol–water partition coefficient (Wildman–Crippen LogP) is 3.88. The van der Waals surface area contributed by atoms with E-state index in [1.807, 2.05) is 44.2 Å². The largest absolute Gasteiger partial charge is 0.460 e. The van der Waals surface area contributed by atoms with Crippen molar-refractivity contribution in [3.8, 4) is 0 Å². The van der Waals surface area contributed by atoms with Gasteiger partial charge in [0.1, 0.15) is 17.4 Å². The molecule has 0 fully saturated rings. The Hall–Kier alpha value is -3.13. The first-order valence-corrected chi connectivity index (χ1v) is 11.0. The molecule has 0 aliphatic carbocycles. The lowest BCUT2D eigenvalue weighted by atomic mass is 10.1. The third-order valence-electron chi connectivity index (χ3n) is 4.44. The van der Waals surface area contributed by atoms with Crippen LogP contribution in [-0.4, -0.2) is 35.2 Å². The average Bonchev–Trinajstić information content (AvgIpc) is 3.20. The molecular formula is C23H25N3O4S. The third kappa shape index (κ3) is 7.25. The number of rotatable bonds is 10. The highest BCUT2D eigenvalue weighted by Gasteiger charge is 2.15. The summed E-state index contributed by atoms with van der Waals surface area (Å²) in [5.41, 5.74) is 3.48. The van der Waals surface area contributed by atoms with E-state index in [1.54, 1.807) is 18.3 Å². The van der Waals surface area contributed by atoms with Crippen LogP contribution in [-0.2, 0) is 21.7 Å². The normalized spacial score (nSPS) is 10.6. The van der Waals surface area contributed by atoms with Crippen molar-refractivity contribution in [2.45, 2.75) is 37.5 Å². The Labute approximate surface area is 185 Å². The van der Waals surface area contributed by atoms with Crippen molar-refractivity contribution in [1.82, 2.24) is 15.5 Å². The van der Waals surface area contributed by atoms with E-state index in [-0.39, 0.29) is 19.1 Å². The zero-order valence-corrected chi connectivity index (χ0v) is 18.4. The minimum atomic E-state index is -0.471. The summed E-state index contributed by atoms with van der Waals surface area (Å²) < 4.78 is 10.4. The molecule has 162 valence electrons. The van der Waals surface area contributed by atoms with Gasteiger partial charge in [-0.15, -0.1) is 0 Å². The summed E-state index contributed by atoms with van der Waals surface area (Å²) in [5, 5.41) is 7.28. The quantitative estimate of drug-likeness (QED) is 0.291. The van der Waals surface area contributed by atoms with Crippen molar-refractivity contribution in [2.75, 3.05) is 13.2 Å². The molecule has 0 aliphatic rings. The molecule has 0 radical (unpaired) electrons. The Bertz CT molecular complexity index is 1020. The molecule has 0 aliphatic heterocycles. The van der Waals surface area contributed by atoms with Crippen LogP contribution < -0.4 is 5.32 Å². The van der Waals surface area contributed by atoms with Gasteiger partial charge in [0.05, 0.1) is 17.8 Å². The summed E-state index contributed by atoms with van der Waals surface area (Å²) in [6.07, 6.45) is 2.69. The van der Waals surface area contributed by atoms with E-state index < -0.39 is 5.97 Å². The number of esters is 1. The molecule has 2 heterocycles. The smallest absolute Gasteiger partial charge is 0.340 e. The van der Waals surface area contributed by atoms with Crippen molar-refractivity contribution < 1.29 is 18.8 Å². The molecule has 3 aromatic rings. The number of pyridine rings is 1. The monoisotopic (exact) mass is 439 g/mol. The first-order valence-electron chi connectivity index (χ1n) is 10.0. The summed E-state index contributed by atoms with van der Waals surface area (Å²) in [4.78, 5) is 28.7. The number of carbonyl (C=O) groups excluding carboxylic acids is 2. The number of benzene rings is 1. The number of hydrogen-bond donors (Lipinski definition) is 1. The number of hydrogen-bond acceptors (Lipinski definition) is 7. The van der Waals surface area contributed by atoms with Crippen LogP contribution in [0.1, 0.15) is 39.4 Å². The van der Waals surface area contributed by atoms with Crippen LogP contribution in [0, 0.1) is 13.8 Å². The van der Waals surface area contributed by atoms with E-state index in [9.17, 15) is 9.59 Å². The summed E-state index contributed by atoms with van der Waals surface area (Å²) in [5.74, 6) is 0.723. The van der Waals surface area contributed by atoms with Crippen molar-refractivity contribution in [3.05, 3.63) is 76.8 Å². The van der Waals surface area contributed by atoms with Gasteiger partial charge in [-0.2, -0.15) is 0 Å². The number of thioether (sulfide) groups is 1. The first kappa shape index (κ1) is 22.6. The molecule has 0 saturated carbocycles.